The molecule has 3 rings (SSSR count). The fourth-order valence-electron chi connectivity index (χ4n) is 3.36. The number of aryl methyl sites for hydroxylation is 1. The third-order valence-electron chi connectivity index (χ3n) is 4.70. The van der Waals surface area contributed by atoms with Crippen LogP contribution in [-0.2, 0) is 17.6 Å². The number of carbonyl (C=O) groups is 1. The van der Waals surface area contributed by atoms with E-state index in [-0.39, 0.29) is 12.0 Å². The molecule has 27 heavy (non-hydrogen) atoms. The standard InChI is InChI=1S/C21H29N3O3/c1-15(2)12-20-22-19(23-27-20)9-11-26-18-8-5-10-24(14-18)21(25)17-7-4-6-16(3)13-17/h4,6-7,13,15,18H,5,8-12,14H2,1-3H3. The van der Waals surface area contributed by atoms with Crippen molar-refractivity contribution in [3.63, 3.8) is 0 Å². The highest BCUT2D eigenvalue weighted by Gasteiger charge is 2.25. The molecular formula is C21H29N3O3. The molecule has 1 aliphatic rings. The zero-order valence-electron chi connectivity index (χ0n) is 16.5. The first kappa shape index (κ1) is 19.5. The van der Waals surface area contributed by atoms with Crippen molar-refractivity contribution < 1.29 is 14.1 Å². The quantitative estimate of drug-likeness (QED) is 0.746. The largest absolute Gasteiger partial charge is 0.376 e. The van der Waals surface area contributed by atoms with Crippen LogP contribution in [0.3, 0.4) is 0 Å². The monoisotopic (exact) mass is 371 g/mol. The Bertz CT molecular complexity index is 757. The average Bonchev–Trinajstić information content (AvgIpc) is 3.08. The van der Waals surface area contributed by atoms with Crippen LogP contribution in [0.5, 0.6) is 0 Å². The summed E-state index contributed by atoms with van der Waals surface area (Å²) in [5.74, 6) is 1.96. The van der Waals surface area contributed by atoms with E-state index in [0.29, 0.717) is 37.2 Å². The Balaban J connectivity index is 1.47. The van der Waals surface area contributed by atoms with Crippen LogP contribution in [0.25, 0.3) is 0 Å². The smallest absolute Gasteiger partial charge is 0.253 e. The molecule has 0 radical (unpaired) electrons. The van der Waals surface area contributed by atoms with Crippen molar-refractivity contribution in [1.82, 2.24) is 15.0 Å². The van der Waals surface area contributed by atoms with Crippen molar-refractivity contribution in [2.45, 2.75) is 52.6 Å². The summed E-state index contributed by atoms with van der Waals surface area (Å²) in [5, 5.41) is 4.01. The molecule has 6 nitrogen and oxygen atoms in total. The molecule has 1 atom stereocenters. The minimum Gasteiger partial charge on any atom is -0.376 e. The topological polar surface area (TPSA) is 68.5 Å². The Morgan fingerprint density at radius 1 is 1.41 bits per heavy atom. The first-order valence-electron chi connectivity index (χ1n) is 9.80. The number of hydrogen-bond acceptors (Lipinski definition) is 5. The maximum absolute atomic E-state index is 12.7. The lowest BCUT2D eigenvalue weighted by Gasteiger charge is -2.32. The second kappa shape index (κ2) is 9.13. The van der Waals surface area contributed by atoms with Crippen LogP contribution in [0.1, 0.15) is 54.3 Å². The second-order valence-electron chi connectivity index (χ2n) is 7.71. The number of aromatic nitrogens is 2. The molecule has 1 saturated heterocycles. The molecule has 0 N–H and O–H groups in total. The summed E-state index contributed by atoms with van der Waals surface area (Å²) in [4.78, 5) is 19.0. The minimum atomic E-state index is 0.0644. The molecule has 146 valence electrons. The average molecular weight is 371 g/mol. The Kier molecular flexibility index (Phi) is 6.61. The first-order chi connectivity index (χ1) is 13.0. The predicted octanol–water partition coefficient (Wildman–Crippen LogP) is 3.44. The second-order valence-corrected chi connectivity index (χ2v) is 7.71. The normalized spacial score (nSPS) is 17.5. The fourth-order valence-corrected chi connectivity index (χ4v) is 3.36. The number of amides is 1. The lowest BCUT2D eigenvalue weighted by Crippen LogP contribution is -2.43. The van der Waals surface area contributed by atoms with Crippen LogP contribution in [0.4, 0.5) is 0 Å². The molecule has 1 amide bonds. The van der Waals surface area contributed by atoms with Gasteiger partial charge in [-0.1, -0.05) is 36.7 Å². The third kappa shape index (κ3) is 5.63. The molecule has 1 unspecified atom stereocenters. The van der Waals surface area contributed by atoms with Crippen LogP contribution in [0.15, 0.2) is 28.8 Å². The molecule has 1 aliphatic heterocycles. The van der Waals surface area contributed by atoms with Crippen molar-refractivity contribution in [3.05, 3.63) is 47.1 Å². The van der Waals surface area contributed by atoms with Crippen molar-refractivity contribution >= 4 is 5.91 Å². The fraction of sp³-hybridized carbons (Fsp3) is 0.571. The number of piperidine rings is 1. The van der Waals surface area contributed by atoms with Gasteiger partial charge in [0.2, 0.25) is 5.89 Å². The van der Waals surface area contributed by atoms with Gasteiger partial charge in [0.1, 0.15) is 0 Å². The Morgan fingerprint density at radius 2 is 2.26 bits per heavy atom. The summed E-state index contributed by atoms with van der Waals surface area (Å²) in [6.45, 7) is 8.22. The lowest BCUT2D eigenvalue weighted by atomic mass is 10.1. The van der Waals surface area contributed by atoms with Gasteiger partial charge in [-0.2, -0.15) is 4.98 Å². The van der Waals surface area contributed by atoms with E-state index in [1.165, 1.54) is 0 Å². The summed E-state index contributed by atoms with van der Waals surface area (Å²) < 4.78 is 11.3. The van der Waals surface area contributed by atoms with Gasteiger partial charge >= 0.3 is 0 Å². The van der Waals surface area contributed by atoms with Crippen LogP contribution in [0.2, 0.25) is 0 Å². The van der Waals surface area contributed by atoms with Gasteiger partial charge in [0.25, 0.3) is 5.91 Å². The molecule has 1 aromatic heterocycles. The van der Waals surface area contributed by atoms with Crippen molar-refractivity contribution in [3.8, 4) is 0 Å². The Hall–Kier alpha value is -2.21. The summed E-state index contributed by atoms with van der Waals surface area (Å²) >= 11 is 0. The number of hydrogen-bond donors (Lipinski definition) is 0. The van der Waals surface area contributed by atoms with Gasteiger partial charge in [-0.3, -0.25) is 4.79 Å². The van der Waals surface area contributed by atoms with Gasteiger partial charge in [-0.25, -0.2) is 0 Å². The van der Waals surface area contributed by atoms with Gasteiger partial charge in [0.15, 0.2) is 5.82 Å². The van der Waals surface area contributed by atoms with Crippen molar-refractivity contribution in [1.29, 1.82) is 0 Å². The number of ether oxygens (including phenoxy) is 1. The zero-order valence-corrected chi connectivity index (χ0v) is 16.5. The van der Waals surface area contributed by atoms with Crippen molar-refractivity contribution in [2.75, 3.05) is 19.7 Å². The number of rotatable bonds is 7. The zero-order chi connectivity index (χ0) is 19.2. The molecule has 6 heteroatoms. The number of benzene rings is 1. The maximum atomic E-state index is 12.7. The van der Waals surface area contributed by atoms with Crippen LogP contribution >= 0.6 is 0 Å². The van der Waals surface area contributed by atoms with Crippen molar-refractivity contribution in [2.24, 2.45) is 5.92 Å². The SMILES string of the molecule is Cc1cccc(C(=O)N2CCCC(OCCc3noc(CC(C)C)n3)C2)c1. The number of nitrogens with zero attached hydrogens (tertiary/aromatic N) is 3. The molecule has 1 aromatic carbocycles. The molecule has 2 aromatic rings. The van der Waals surface area contributed by atoms with Gasteiger partial charge in [-0.05, 0) is 37.8 Å². The van der Waals surface area contributed by atoms with Gasteiger partial charge in [0.05, 0.1) is 12.7 Å². The summed E-state index contributed by atoms with van der Waals surface area (Å²) in [6.07, 6.45) is 3.43. The summed E-state index contributed by atoms with van der Waals surface area (Å²) in [5.41, 5.74) is 1.85. The minimum absolute atomic E-state index is 0.0644. The first-order valence-corrected chi connectivity index (χ1v) is 9.80. The molecule has 0 saturated carbocycles. The van der Waals surface area contributed by atoms with E-state index < -0.39 is 0 Å². The van der Waals surface area contributed by atoms with E-state index in [4.69, 9.17) is 9.26 Å². The predicted molar refractivity (Wildman–Crippen MR) is 103 cm³/mol. The Morgan fingerprint density at radius 3 is 3.04 bits per heavy atom. The van der Waals surface area contributed by atoms with E-state index in [1.54, 1.807) is 0 Å². The number of carbonyl (C=O) groups excluding carboxylic acids is 1. The molecule has 0 bridgehead atoms. The summed E-state index contributed by atoms with van der Waals surface area (Å²) in [7, 11) is 0. The molecule has 1 fully saturated rings. The molecule has 0 spiro atoms. The van der Waals surface area contributed by atoms with Gasteiger partial charge in [-0.15, -0.1) is 0 Å². The summed E-state index contributed by atoms with van der Waals surface area (Å²) in [6, 6.07) is 7.75. The lowest BCUT2D eigenvalue weighted by molar-refractivity contribution is 0.00251. The van der Waals surface area contributed by atoms with Gasteiger partial charge < -0.3 is 14.2 Å². The van der Waals surface area contributed by atoms with E-state index in [0.717, 1.165) is 36.9 Å². The highest BCUT2D eigenvalue weighted by Crippen LogP contribution is 2.17. The van der Waals surface area contributed by atoms with Gasteiger partial charge in [0, 0.05) is 31.5 Å². The van der Waals surface area contributed by atoms with E-state index in [9.17, 15) is 4.79 Å². The molecule has 0 aliphatic carbocycles. The molecule has 2 heterocycles. The van der Waals surface area contributed by atoms with Crippen LogP contribution < -0.4 is 0 Å². The highest BCUT2D eigenvalue weighted by molar-refractivity contribution is 5.94. The maximum Gasteiger partial charge on any atom is 0.253 e. The third-order valence-corrected chi connectivity index (χ3v) is 4.70. The highest BCUT2D eigenvalue weighted by atomic mass is 16.5. The van der Waals surface area contributed by atoms with Crippen LogP contribution in [0, 0.1) is 12.8 Å². The van der Waals surface area contributed by atoms with Crippen LogP contribution in [-0.4, -0.2) is 46.7 Å². The number of likely N-dealkylation sites (tertiary alicyclic amines) is 1. The van der Waals surface area contributed by atoms with E-state index in [2.05, 4.69) is 24.0 Å². The van der Waals surface area contributed by atoms with E-state index >= 15 is 0 Å². The molecular weight excluding hydrogens is 342 g/mol. The van der Waals surface area contributed by atoms with E-state index in [1.807, 2.05) is 36.1 Å². The Labute approximate surface area is 160 Å².